The zero-order valence-electron chi connectivity index (χ0n) is 19.9. The molecular weight excluding hydrogens is 340 g/mol. The molecule has 0 aromatic carbocycles. The molecule has 1 rings (SSSR count). The Hall–Kier alpha value is -0.790. The van der Waals surface area contributed by atoms with Gasteiger partial charge in [-0.2, -0.15) is 0 Å². The van der Waals surface area contributed by atoms with Gasteiger partial charge >= 0.3 is 0 Å². The average Bonchev–Trinajstić information content (AvgIpc) is 3.09. The van der Waals surface area contributed by atoms with E-state index in [1.54, 1.807) is 5.82 Å². The first-order chi connectivity index (χ1) is 13.7. The normalized spacial score (nSPS) is 11.6. The number of unbranched alkanes of at least 4 members (excludes halogenated alkanes) is 14. The highest BCUT2D eigenvalue weighted by molar-refractivity contribution is 4.86. The molecule has 0 aliphatic carbocycles. The van der Waals surface area contributed by atoms with Crippen molar-refractivity contribution in [1.82, 2.24) is 4.57 Å². The summed E-state index contributed by atoms with van der Waals surface area (Å²) in [7, 11) is 0. The summed E-state index contributed by atoms with van der Waals surface area (Å²) < 4.78 is 5.05. The van der Waals surface area contributed by atoms with Gasteiger partial charge in [-0.25, -0.2) is 9.13 Å². The van der Waals surface area contributed by atoms with E-state index in [1.165, 1.54) is 116 Å². The van der Waals surface area contributed by atoms with E-state index in [9.17, 15) is 0 Å². The van der Waals surface area contributed by atoms with Crippen LogP contribution < -0.4 is 4.57 Å². The van der Waals surface area contributed by atoms with E-state index < -0.39 is 0 Å². The van der Waals surface area contributed by atoms with E-state index in [2.05, 4.69) is 49.2 Å². The average molecular weight is 392 g/mol. The molecule has 0 unspecified atom stereocenters. The lowest BCUT2D eigenvalue weighted by Crippen LogP contribution is -2.37. The number of rotatable bonds is 19. The van der Waals surface area contributed by atoms with Crippen LogP contribution in [0, 0.1) is 0 Å². The summed E-state index contributed by atoms with van der Waals surface area (Å²) in [5.74, 6) is 1.56. The van der Waals surface area contributed by atoms with Crippen molar-refractivity contribution in [1.29, 1.82) is 0 Å². The highest BCUT2D eigenvalue weighted by Crippen LogP contribution is 2.14. The molecule has 0 radical (unpaired) electrons. The van der Waals surface area contributed by atoms with Crippen LogP contribution in [0.1, 0.15) is 142 Å². The molecule has 0 saturated carbocycles. The number of aromatic nitrogens is 2. The van der Waals surface area contributed by atoms with E-state index in [1.807, 2.05) is 0 Å². The number of imidazole rings is 1. The quantitative estimate of drug-likeness (QED) is 0.166. The Morgan fingerprint density at radius 2 is 1.14 bits per heavy atom. The van der Waals surface area contributed by atoms with Crippen LogP contribution in [0.3, 0.4) is 0 Å². The van der Waals surface area contributed by atoms with E-state index in [4.69, 9.17) is 0 Å². The third-order valence-electron chi connectivity index (χ3n) is 6.10. The van der Waals surface area contributed by atoms with Crippen LogP contribution in [0.2, 0.25) is 0 Å². The summed E-state index contributed by atoms with van der Waals surface area (Å²) in [5, 5.41) is 0. The third-order valence-corrected chi connectivity index (χ3v) is 6.10. The van der Waals surface area contributed by atoms with Crippen LogP contribution in [0.15, 0.2) is 12.4 Å². The first-order valence-electron chi connectivity index (χ1n) is 12.8. The van der Waals surface area contributed by atoms with E-state index >= 15 is 0 Å². The first-order valence-corrected chi connectivity index (χ1v) is 12.8. The van der Waals surface area contributed by atoms with E-state index in [0.717, 1.165) is 0 Å². The van der Waals surface area contributed by atoms with Gasteiger partial charge in [0.05, 0.1) is 12.6 Å². The van der Waals surface area contributed by atoms with Crippen molar-refractivity contribution in [2.45, 2.75) is 149 Å². The Balaban J connectivity index is 2.24. The Kier molecular flexibility index (Phi) is 15.4. The monoisotopic (exact) mass is 391 g/mol. The van der Waals surface area contributed by atoms with Crippen LogP contribution in [-0.2, 0) is 13.0 Å². The summed E-state index contributed by atoms with van der Waals surface area (Å²) in [6.07, 6.45) is 28.4. The van der Waals surface area contributed by atoms with Crippen molar-refractivity contribution >= 4 is 0 Å². The fraction of sp³-hybridized carbons (Fsp3) is 0.885. The number of nitrogens with zero attached hydrogens (tertiary/aromatic N) is 2. The molecule has 0 bridgehead atoms. The first kappa shape index (κ1) is 25.2. The molecule has 1 aromatic heterocycles. The largest absolute Gasteiger partial charge is 0.256 e. The maximum Gasteiger partial charge on any atom is 0.256 e. The van der Waals surface area contributed by atoms with Crippen molar-refractivity contribution < 1.29 is 4.57 Å². The van der Waals surface area contributed by atoms with Crippen LogP contribution in [-0.4, -0.2) is 4.57 Å². The van der Waals surface area contributed by atoms with Crippen LogP contribution >= 0.6 is 0 Å². The molecule has 2 heteroatoms. The maximum atomic E-state index is 2.55. The standard InChI is InChI=1S/C26H51N2/c1-5-7-9-11-13-14-15-16-18-20-22-27-23-24-28(25(3)4)26(27)21-19-17-12-10-8-6-2/h23-25H,5-22H2,1-4H3/q+1. The molecule has 0 N–H and O–H groups in total. The minimum absolute atomic E-state index is 0.573. The van der Waals surface area contributed by atoms with Gasteiger partial charge in [0.1, 0.15) is 12.4 Å². The predicted octanol–water partition coefficient (Wildman–Crippen LogP) is 8.18. The molecule has 0 saturated heterocycles. The minimum atomic E-state index is 0.573. The second kappa shape index (κ2) is 17.1. The molecule has 0 atom stereocenters. The second-order valence-corrected chi connectivity index (χ2v) is 9.11. The molecule has 0 aliphatic rings. The SMILES string of the molecule is CCCCCCCCCCCC[n+]1ccn(C(C)C)c1CCCCCCCC. The molecule has 0 aliphatic heterocycles. The van der Waals surface area contributed by atoms with Crippen molar-refractivity contribution in [3.63, 3.8) is 0 Å². The van der Waals surface area contributed by atoms with Crippen LogP contribution in [0.25, 0.3) is 0 Å². The van der Waals surface area contributed by atoms with Crippen LogP contribution in [0.4, 0.5) is 0 Å². The summed E-state index contributed by atoms with van der Waals surface area (Å²) in [6, 6.07) is 0.573. The highest BCUT2D eigenvalue weighted by Gasteiger charge is 2.18. The number of aryl methyl sites for hydroxylation is 1. The Morgan fingerprint density at radius 1 is 0.679 bits per heavy atom. The molecule has 0 spiro atoms. The summed E-state index contributed by atoms with van der Waals surface area (Å²) in [4.78, 5) is 0. The van der Waals surface area contributed by atoms with Crippen molar-refractivity contribution in [2.75, 3.05) is 0 Å². The fourth-order valence-corrected chi connectivity index (χ4v) is 4.25. The molecule has 0 amide bonds. The Bertz CT molecular complexity index is 461. The lowest BCUT2D eigenvalue weighted by molar-refractivity contribution is -0.704. The third kappa shape index (κ3) is 11.3. The minimum Gasteiger partial charge on any atom is -0.234 e. The van der Waals surface area contributed by atoms with Gasteiger partial charge in [-0.15, -0.1) is 0 Å². The zero-order chi connectivity index (χ0) is 20.5. The lowest BCUT2D eigenvalue weighted by atomic mass is 10.1. The number of hydrogen-bond acceptors (Lipinski definition) is 0. The second-order valence-electron chi connectivity index (χ2n) is 9.11. The number of hydrogen-bond donors (Lipinski definition) is 0. The van der Waals surface area contributed by atoms with Gasteiger partial charge in [-0.3, -0.25) is 0 Å². The predicted molar refractivity (Wildman–Crippen MR) is 124 cm³/mol. The molecule has 2 nitrogen and oxygen atoms in total. The van der Waals surface area contributed by atoms with Gasteiger partial charge in [0.25, 0.3) is 5.82 Å². The maximum absolute atomic E-state index is 2.55. The van der Waals surface area contributed by atoms with E-state index in [0.29, 0.717) is 6.04 Å². The molecule has 164 valence electrons. The fourth-order valence-electron chi connectivity index (χ4n) is 4.25. The topological polar surface area (TPSA) is 8.81 Å². The highest BCUT2D eigenvalue weighted by atomic mass is 15.2. The van der Waals surface area contributed by atoms with Gasteiger partial charge in [-0.05, 0) is 33.1 Å². The zero-order valence-corrected chi connectivity index (χ0v) is 19.9. The summed E-state index contributed by atoms with van der Waals surface area (Å²) in [6.45, 7) is 10.4. The smallest absolute Gasteiger partial charge is 0.234 e. The van der Waals surface area contributed by atoms with Gasteiger partial charge in [0, 0.05) is 6.42 Å². The summed E-state index contributed by atoms with van der Waals surface area (Å²) in [5.41, 5.74) is 0. The Labute approximate surface area is 177 Å². The Morgan fingerprint density at radius 3 is 1.64 bits per heavy atom. The van der Waals surface area contributed by atoms with Crippen LogP contribution in [0.5, 0.6) is 0 Å². The van der Waals surface area contributed by atoms with Gasteiger partial charge in [-0.1, -0.05) is 97.3 Å². The van der Waals surface area contributed by atoms with Crippen molar-refractivity contribution in [3.8, 4) is 0 Å². The summed E-state index contributed by atoms with van der Waals surface area (Å²) >= 11 is 0. The molecular formula is C26H51N2+. The van der Waals surface area contributed by atoms with E-state index in [-0.39, 0.29) is 0 Å². The molecule has 1 aromatic rings. The molecule has 1 heterocycles. The van der Waals surface area contributed by atoms with Gasteiger partial charge in [0.2, 0.25) is 0 Å². The lowest BCUT2D eigenvalue weighted by Gasteiger charge is -2.08. The molecule has 0 fully saturated rings. The van der Waals surface area contributed by atoms with Crippen molar-refractivity contribution in [3.05, 3.63) is 18.2 Å². The van der Waals surface area contributed by atoms with Gasteiger partial charge in [0.15, 0.2) is 0 Å². The molecule has 28 heavy (non-hydrogen) atoms. The van der Waals surface area contributed by atoms with Crippen molar-refractivity contribution in [2.24, 2.45) is 0 Å². The van der Waals surface area contributed by atoms with Gasteiger partial charge < -0.3 is 0 Å².